The molecular formula is C46H38O8. The molecule has 0 unspecified atom stereocenters. The number of hydrogen-bond acceptors (Lipinski definition) is 8. The van der Waals surface area contributed by atoms with Gasteiger partial charge in [-0.25, -0.2) is 19.2 Å². The Kier molecular flexibility index (Phi) is 15.5. The Morgan fingerprint density at radius 3 is 1.00 bits per heavy atom. The summed E-state index contributed by atoms with van der Waals surface area (Å²) in [7, 11) is 0. The van der Waals surface area contributed by atoms with E-state index in [-0.39, 0.29) is 11.1 Å². The molecule has 0 aromatic heterocycles. The van der Waals surface area contributed by atoms with Gasteiger partial charge >= 0.3 is 23.9 Å². The molecular weight excluding hydrogens is 680 g/mol. The fourth-order valence-electron chi connectivity index (χ4n) is 3.85. The number of hydrogen-bond donors (Lipinski definition) is 0. The number of rotatable bonds is 12. The van der Waals surface area contributed by atoms with E-state index in [1.165, 1.54) is 25.0 Å². The lowest BCUT2D eigenvalue weighted by molar-refractivity contribution is -0.134. The van der Waals surface area contributed by atoms with Gasteiger partial charge in [-0.1, -0.05) is 74.3 Å². The van der Waals surface area contributed by atoms with Crippen LogP contribution in [0.1, 0.15) is 72.2 Å². The van der Waals surface area contributed by atoms with Crippen LogP contribution in [0.4, 0.5) is 0 Å². The van der Waals surface area contributed by atoms with Crippen LogP contribution in [-0.4, -0.2) is 23.9 Å². The van der Waals surface area contributed by atoms with Gasteiger partial charge < -0.3 is 18.9 Å². The first-order chi connectivity index (χ1) is 25.7. The first-order valence-electron chi connectivity index (χ1n) is 16.3. The Hall–Kier alpha value is -7.42. The van der Waals surface area contributed by atoms with Crippen molar-refractivity contribution in [1.29, 1.82) is 0 Å². The highest BCUT2D eigenvalue weighted by atomic mass is 16.5. The molecule has 270 valence electrons. The molecule has 0 spiro atoms. The summed E-state index contributed by atoms with van der Waals surface area (Å²) in [6.45, 7) is 20.5. The quantitative estimate of drug-likeness (QED) is 0.0602. The molecule has 0 saturated carbocycles. The van der Waals surface area contributed by atoms with Gasteiger partial charge in [0.05, 0.1) is 25.0 Å². The minimum atomic E-state index is -0.589. The van der Waals surface area contributed by atoms with Crippen LogP contribution in [-0.2, 0) is 38.1 Å². The SMILES string of the molecule is C=C(C)C(=O)OC=Cc1ccc(C#Cc2cc(C=COC(=O)C(=C)C)c(C#Cc3ccc(C=COC(=O)C(=C)C)cc3)cc2C=COC(=O)C(=C)C)cc1. The second-order valence-corrected chi connectivity index (χ2v) is 11.7. The van der Waals surface area contributed by atoms with Crippen LogP contribution in [0.25, 0.3) is 24.3 Å². The number of esters is 4. The van der Waals surface area contributed by atoms with E-state index in [1.54, 1.807) is 64.1 Å². The molecule has 3 aromatic rings. The number of carbonyl (C=O) groups is 4. The van der Waals surface area contributed by atoms with Gasteiger partial charge in [-0.3, -0.25) is 0 Å². The van der Waals surface area contributed by atoms with Gasteiger partial charge in [0.1, 0.15) is 0 Å². The molecule has 0 saturated heterocycles. The van der Waals surface area contributed by atoms with Crippen molar-refractivity contribution in [3.63, 3.8) is 0 Å². The number of benzene rings is 3. The van der Waals surface area contributed by atoms with Gasteiger partial charge in [0.15, 0.2) is 0 Å². The predicted octanol–water partition coefficient (Wildman–Crippen LogP) is 8.85. The second-order valence-electron chi connectivity index (χ2n) is 11.7. The maximum atomic E-state index is 12.1. The summed E-state index contributed by atoms with van der Waals surface area (Å²) in [6.07, 6.45) is 11.6. The smallest absolute Gasteiger partial charge is 0.337 e. The van der Waals surface area contributed by atoms with Gasteiger partial charge in [-0.15, -0.1) is 0 Å². The molecule has 0 amide bonds. The highest BCUT2D eigenvalue weighted by molar-refractivity contribution is 5.89. The summed E-state index contributed by atoms with van der Waals surface area (Å²) >= 11 is 0. The minimum Gasteiger partial charge on any atom is -0.431 e. The van der Waals surface area contributed by atoms with Crippen molar-refractivity contribution in [2.75, 3.05) is 0 Å². The third kappa shape index (κ3) is 13.7. The van der Waals surface area contributed by atoms with Gasteiger partial charge in [0.2, 0.25) is 0 Å². The lowest BCUT2D eigenvalue weighted by atomic mass is 9.97. The topological polar surface area (TPSA) is 105 Å². The molecule has 0 aliphatic carbocycles. The maximum absolute atomic E-state index is 12.1. The Bertz CT molecular complexity index is 2070. The Balaban J connectivity index is 2.04. The van der Waals surface area contributed by atoms with E-state index >= 15 is 0 Å². The minimum absolute atomic E-state index is 0.234. The first kappa shape index (κ1) is 41.0. The standard InChI is InChI=1S/C46H38O8/c1-31(2)43(47)51-25-21-37-13-9-35(10-14-37)17-19-39-29-42(24-28-54-46(50)34(7)8)40(30-41(39)23-27-53-45(49)33(5)6)20-18-36-11-15-38(16-12-36)22-26-52-44(48)32(3)4/h9-16,21-30H,1,3,5,7H2,2,4,6,8H3. The van der Waals surface area contributed by atoms with Gasteiger partial charge in [0, 0.05) is 44.5 Å². The van der Waals surface area contributed by atoms with Crippen molar-refractivity contribution < 1.29 is 38.1 Å². The van der Waals surface area contributed by atoms with E-state index in [4.69, 9.17) is 18.9 Å². The zero-order valence-corrected chi connectivity index (χ0v) is 30.5. The summed E-state index contributed by atoms with van der Waals surface area (Å²) in [5.74, 6) is 10.4. The molecule has 0 aliphatic rings. The Morgan fingerprint density at radius 2 is 0.722 bits per heavy atom. The van der Waals surface area contributed by atoms with Crippen LogP contribution in [0.5, 0.6) is 0 Å². The fourth-order valence-corrected chi connectivity index (χ4v) is 3.85. The third-order valence-electron chi connectivity index (χ3n) is 6.84. The zero-order valence-electron chi connectivity index (χ0n) is 30.5. The summed E-state index contributed by atoms with van der Waals surface area (Å²) < 4.78 is 20.4. The van der Waals surface area contributed by atoms with Crippen LogP contribution >= 0.6 is 0 Å². The molecule has 0 bridgehead atoms. The maximum Gasteiger partial charge on any atom is 0.337 e. The molecule has 8 nitrogen and oxygen atoms in total. The molecule has 0 heterocycles. The second kappa shape index (κ2) is 20.4. The van der Waals surface area contributed by atoms with Crippen LogP contribution in [0.15, 0.2) is 134 Å². The van der Waals surface area contributed by atoms with E-state index in [0.29, 0.717) is 44.5 Å². The van der Waals surface area contributed by atoms with Crippen molar-refractivity contribution in [2.45, 2.75) is 27.7 Å². The van der Waals surface area contributed by atoms with Crippen molar-refractivity contribution in [1.82, 2.24) is 0 Å². The molecule has 0 aliphatic heterocycles. The van der Waals surface area contributed by atoms with Crippen molar-refractivity contribution >= 4 is 48.2 Å². The average Bonchev–Trinajstić information content (AvgIpc) is 3.14. The number of carbonyl (C=O) groups excluding carboxylic acids is 4. The number of ether oxygens (including phenoxy) is 4. The van der Waals surface area contributed by atoms with Crippen molar-refractivity contribution in [3.8, 4) is 23.7 Å². The summed E-state index contributed by atoms with van der Waals surface area (Å²) in [4.78, 5) is 47.4. The highest BCUT2D eigenvalue weighted by Crippen LogP contribution is 2.21. The molecule has 54 heavy (non-hydrogen) atoms. The fraction of sp³-hybridized carbons (Fsp3) is 0.0870. The Morgan fingerprint density at radius 1 is 0.444 bits per heavy atom. The summed E-state index contributed by atoms with van der Waals surface area (Å²) in [5.41, 5.74) is 6.28. The summed E-state index contributed by atoms with van der Waals surface area (Å²) in [5, 5.41) is 0. The van der Waals surface area contributed by atoms with Gasteiger partial charge in [-0.2, -0.15) is 0 Å². The van der Waals surface area contributed by atoms with Crippen molar-refractivity contribution in [3.05, 3.63) is 179 Å². The van der Waals surface area contributed by atoms with E-state index in [1.807, 2.05) is 48.5 Å². The predicted molar refractivity (Wildman–Crippen MR) is 211 cm³/mol. The molecule has 3 aromatic carbocycles. The zero-order chi connectivity index (χ0) is 39.6. The van der Waals surface area contributed by atoms with E-state index in [0.717, 1.165) is 11.1 Å². The Labute approximate surface area is 315 Å². The van der Waals surface area contributed by atoms with E-state index < -0.39 is 23.9 Å². The third-order valence-corrected chi connectivity index (χ3v) is 6.84. The van der Waals surface area contributed by atoms with Crippen molar-refractivity contribution in [2.24, 2.45) is 0 Å². The summed E-state index contributed by atoms with van der Waals surface area (Å²) in [6, 6.07) is 18.1. The molecule has 3 rings (SSSR count). The van der Waals surface area contributed by atoms with Gasteiger partial charge in [0.25, 0.3) is 0 Å². The van der Waals surface area contributed by atoms with Gasteiger partial charge in [-0.05, 0) is 111 Å². The van der Waals surface area contributed by atoms with Crippen LogP contribution in [0.3, 0.4) is 0 Å². The first-order valence-corrected chi connectivity index (χ1v) is 16.3. The van der Waals surface area contributed by atoms with Crippen LogP contribution in [0.2, 0.25) is 0 Å². The largest absolute Gasteiger partial charge is 0.431 e. The van der Waals surface area contributed by atoms with Crippen LogP contribution in [0, 0.1) is 23.7 Å². The highest BCUT2D eigenvalue weighted by Gasteiger charge is 2.08. The monoisotopic (exact) mass is 718 g/mol. The lowest BCUT2D eigenvalue weighted by Crippen LogP contribution is -1.99. The molecule has 0 atom stereocenters. The molecule has 8 heteroatoms. The average molecular weight is 719 g/mol. The molecule has 0 radical (unpaired) electrons. The normalized spacial score (nSPS) is 10.6. The van der Waals surface area contributed by atoms with E-state index in [2.05, 4.69) is 50.0 Å². The molecule has 0 fully saturated rings. The molecule has 0 N–H and O–H groups in total. The van der Waals surface area contributed by atoms with Crippen LogP contribution < -0.4 is 0 Å². The van der Waals surface area contributed by atoms with E-state index in [9.17, 15) is 19.2 Å². The lowest BCUT2D eigenvalue weighted by Gasteiger charge is -2.07.